The molecule has 0 unspecified atom stereocenters. The van der Waals surface area contributed by atoms with Gasteiger partial charge in [-0.15, -0.1) is 11.8 Å². The fourth-order valence-electron chi connectivity index (χ4n) is 3.84. The predicted molar refractivity (Wildman–Crippen MR) is 143 cm³/mol. The Balaban J connectivity index is 1.55. The molecule has 10 heteroatoms. The second-order valence-electron chi connectivity index (χ2n) is 8.37. The number of hydrogen-bond donors (Lipinski definition) is 2. The fraction of sp³-hybridized carbons (Fsp3) is 0.308. The molecule has 3 aromatic rings. The number of hydrogen-bond acceptors (Lipinski definition) is 6. The molecule has 1 aromatic heterocycles. The summed E-state index contributed by atoms with van der Waals surface area (Å²) in [4.78, 5) is 16.4. The van der Waals surface area contributed by atoms with E-state index in [2.05, 4.69) is 17.2 Å². The summed E-state index contributed by atoms with van der Waals surface area (Å²) < 4.78 is 10.8. The third kappa shape index (κ3) is 6.92. The lowest BCUT2D eigenvalue weighted by Crippen LogP contribution is -2.38. The number of aromatic nitrogens is 1. The number of rotatable bonds is 7. The van der Waals surface area contributed by atoms with E-state index in [1.807, 2.05) is 54.6 Å². The number of nitrogens with zero attached hydrogens (tertiary/aromatic N) is 1. The molecular weight excluding hydrogens is 543 g/mol. The van der Waals surface area contributed by atoms with Crippen molar-refractivity contribution in [2.24, 2.45) is 5.92 Å². The van der Waals surface area contributed by atoms with E-state index < -0.39 is 16.0 Å². The van der Waals surface area contributed by atoms with Gasteiger partial charge in [-0.2, -0.15) is 0 Å². The average molecular weight is 568 g/mol. The molecule has 1 fully saturated rings. The van der Waals surface area contributed by atoms with Gasteiger partial charge in [0.15, 0.2) is 6.29 Å². The van der Waals surface area contributed by atoms with Gasteiger partial charge in [0.1, 0.15) is 0 Å². The van der Waals surface area contributed by atoms with Crippen LogP contribution in [-0.4, -0.2) is 31.6 Å². The SMILES string of the molecule is C[C@@H]1[C@H](CSc2ccccn2)O[C@H](c2ccc(NC(=O)C(Cl)(Cl)Cl)cc2)O[C@@H]1c1ccc(CO)cc1. The van der Waals surface area contributed by atoms with Crippen LogP contribution in [0.25, 0.3) is 0 Å². The van der Waals surface area contributed by atoms with Crippen LogP contribution in [-0.2, 0) is 20.9 Å². The lowest BCUT2D eigenvalue weighted by Gasteiger charge is -2.41. The van der Waals surface area contributed by atoms with Crippen molar-refractivity contribution in [2.75, 3.05) is 11.1 Å². The molecule has 1 amide bonds. The van der Waals surface area contributed by atoms with Crippen molar-refractivity contribution in [2.45, 2.75) is 40.8 Å². The highest BCUT2D eigenvalue weighted by molar-refractivity contribution is 7.99. The summed E-state index contributed by atoms with van der Waals surface area (Å²) in [5.74, 6) is 0.0122. The first-order valence-electron chi connectivity index (χ1n) is 11.3. The summed E-state index contributed by atoms with van der Waals surface area (Å²) in [6, 6.07) is 20.6. The zero-order chi connectivity index (χ0) is 25.7. The molecule has 0 radical (unpaired) electrons. The summed E-state index contributed by atoms with van der Waals surface area (Å²) in [5, 5.41) is 12.9. The van der Waals surface area contributed by atoms with Crippen molar-refractivity contribution in [1.82, 2.24) is 4.98 Å². The predicted octanol–water partition coefficient (Wildman–Crippen LogP) is 6.47. The van der Waals surface area contributed by atoms with Crippen LogP contribution >= 0.6 is 46.6 Å². The van der Waals surface area contributed by atoms with Gasteiger partial charge in [-0.3, -0.25) is 4.79 Å². The van der Waals surface area contributed by atoms with Crippen LogP contribution in [0.1, 0.15) is 36.0 Å². The molecule has 6 nitrogen and oxygen atoms in total. The van der Waals surface area contributed by atoms with Crippen LogP contribution in [0.4, 0.5) is 5.69 Å². The van der Waals surface area contributed by atoms with Crippen molar-refractivity contribution >= 4 is 58.2 Å². The summed E-state index contributed by atoms with van der Waals surface area (Å²) >= 11 is 18.6. The fourth-order valence-corrected chi connectivity index (χ4v) is 5.00. The van der Waals surface area contributed by atoms with Crippen LogP contribution in [0.2, 0.25) is 0 Å². The maximum Gasteiger partial charge on any atom is 0.276 e. The second-order valence-corrected chi connectivity index (χ2v) is 11.7. The minimum absolute atomic E-state index is 0.0163. The van der Waals surface area contributed by atoms with E-state index >= 15 is 0 Å². The smallest absolute Gasteiger partial charge is 0.276 e. The van der Waals surface area contributed by atoms with Crippen molar-refractivity contribution in [3.05, 3.63) is 89.6 Å². The number of alkyl halides is 3. The van der Waals surface area contributed by atoms with Gasteiger partial charge in [0, 0.05) is 29.1 Å². The molecular formula is C26H25Cl3N2O4S. The van der Waals surface area contributed by atoms with E-state index in [9.17, 15) is 9.90 Å². The van der Waals surface area contributed by atoms with Gasteiger partial charge >= 0.3 is 0 Å². The Morgan fingerprint density at radius 1 is 1.03 bits per heavy atom. The van der Waals surface area contributed by atoms with E-state index in [-0.39, 0.29) is 24.7 Å². The van der Waals surface area contributed by atoms with E-state index in [0.29, 0.717) is 11.4 Å². The van der Waals surface area contributed by atoms with Crippen LogP contribution in [0.3, 0.4) is 0 Å². The van der Waals surface area contributed by atoms with Gasteiger partial charge in [0.25, 0.3) is 9.70 Å². The molecule has 190 valence electrons. The van der Waals surface area contributed by atoms with Crippen LogP contribution in [0, 0.1) is 5.92 Å². The highest BCUT2D eigenvalue weighted by Crippen LogP contribution is 2.43. The standard InChI is InChI=1S/C26H25Cl3N2O4S/c1-16-21(15-36-22-4-2-3-13-30-22)34-24(35-23(16)18-7-5-17(14-32)6-8-18)19-9-11-20(12-10-19)31-25(33)26(27,28)29/h2-13,16,21,23-24,32H,14-15H2,1H3,(H,31,33)/t16-,21+,23+,24+/m1/s1. The average Bonchev–Trinajstić information content (AvgIpc) is 2.89. The molecule has 0 spiro atoms. The molecule has 2 N–H and O–H groups in total. The molecule has 0 bridgehead atoms. The number of amides is 1. The van der Waals surface area contributed by atoms with Crippen LogP contribution < -0.4 is 5.32 Å². The molecule has 36 heavy (non-hydrogen) atoms. The Labute approximate surface area is 229 Å². The number of ether oxygens (including phenoxy) is 2. The third-order valence-electron chi connectivity index (χ3n) is 5.85. The molecule has 1 aliphatic heterocycles. The molecule has 0 aliphatic carbocycles. The summed E-state index contributed by atoms with van der Waals surface area (Å²) in [5.41, 5.74) is 3.12. The number of halogens is 3. The molecule has 4 rings (SSSR count). The highest BCUT2D eigenvalue weighted by Gasteiger charge is 2.38. The molecule has 2 heterocycles. The van der Waals surface area contributed by atoms with E-state index in [0.717, 1.165) is 21.7 Å². The number of anilines is 1. The first-order valence-corrected chi connectivity index (χ1v) is 13.4. The maximum absolute atomic E-state index is 12.0. The largest absolute Gasteiger partial charge is 0.392 e. The topological polar surface area (TPSA) is 80.7 Å². The minimum atomic E-state index is -2.05. The Bertz CT molecular complexity index is 1140. The number of nitrogens with one attached hydrogen (secondary N) is 1. The molecule has 1 aliphatic rings. The zero-order valence-corrected chi connectivity index (χ0v) is 22.4. The van der Waals surface area contributed by atoms with Gasteiger partial charge in [-0.25, -0.2) is 4.98 Å². The zero-order valence-electron chi connectivity index (χ0n) is 19.3. The lowest BCUT2D eigenvalue weighted by atomic mass is 9.91. The van der Waals surface area contributed by atoms with Gasteiger partial charge in [0.05, 0.1) is 23.8 Å². The Morgan fingerprint density at radius 3 is 2.33 bits per heavy atom. The number of carbonyl (C=O) groups excluding carboxylic acids is 1. The quantitative estimate of drug-likeness (QED) is 0.252. The number of aliphatic hydroxyl groups excluding tert-OH is 1. The Hall–Kier alpha value is -1.84. The number of carbonyl (C=O) groups is 1. The van der Waals surface area contributed by atoms with E-state index in [4.69, 9.17) is 44.3 Å². The second kappa shape index (κ2) is 12.1. The Kier molecular flexibility index (Phi) is 9.17. The van der Waals surface area contributed by atoms with Crippen molar-refractivity contribution in [1.29, 1.82) is 0 Å². The number of pyridine rings is 1. The summed E-state index contributed by atoms with van der Waals surface area (Å²) in [7, 11) is 0. The lowest BCUT2D eigenvalue weighted by molar-refractivity contribution is -0.268. The van der Waals surface area contributed by atoms with Gasteiger partial charge < -0.3 is 19.9 Å². The summed E-state index contributed by atoms with van der Waals surface area (Å²) in [6.45, 7) is 2.09. The molecule has 2 aromatic carbocycles. The van der Waals surface area contributed by atoms with Crippen molar-refractivity contribution < 1.29 is 19.4 Å². The van der Waals surface area contributed by atoms with Gasteiger partial charge in [0.2, 0.25) is 0 Å². The number of thioether (sulfide) groups is 1. The first-order chi connectivity index (χ1) is 17.2. The number of aliphatic hydroxyl groups is 1. The van der Waals surface area contributed by atoms with Gasteiger partial charge in [-0.05, 0) is 35.4 Å². The molecule has 0 saturated carbocycles. The van der Waals surface area contributed by atoms with Crippen LogP contribution in [0.5, 0.6) is 0 Å². The van der Waals surface area contributed by atoms with E-state index in [1.165, 1.54) is 0 Å². The minimum Gasteiger partial charge on any atom is -0.392 e. The monoisotopic (exact) mass is 566 g/mol. The van der Waals surface area contributed by atoms with Crippen LogP contribution in [0.15, 0.2) is 78.0 Å². The summed E-state index contributed by atoms with van der Waals surface area (Å²) in [6.07, 6.45) is 0.793. The number of benzene rings is 2. The molecule has 4 atom stereocenters. The molecule has 1 saturated heterocycles. The maximum atomic E-state index is 12.0. The first kappa shape index (κ1) is 27.2. The Morgan fingerprint density at radius 2 is 1.72 bits per heavy atom. The third-order valence-corrected chi connectivity index (χ3v) is 7.40. The van der Waals surface area contributed by atoms with Crippen molar-refractivity contribution in [3.8, 4) is 0 Å². The van der Waals surface area contributed by atoms with Gasteiger partial charge in [-0.1, -0.05) is 84.2 Å². The van der Waals surface area contributed by atoms with Crippen molar-refractivity contribution in [3.63, 3.8) is 0 Å². The van der Waals surface area contributed by atoms with E-state index in [1.54, 1.807) is 30.1 Å². The normalized spacial score (nSPS) is 22.2. The highest BCUT2D eigenvalue weighted by atomic mass is 35.6.